The molecule has 0 aliphatic carbocycles. The number of aromatic nitrogens is 5. The summed E-state index contributed by atoms with van der Waals surface area (Å²) in [6.45, 7) is 12.9. The number of anilines is 5. The summed E-state index contributed by atoms with van der Waals surface area (Å²) in [4.78, 5) is 29.2. The molecule has 7 rings (SSSR count). The standard InChI is InChI=1S/C39H41N9O2/c1-25-10-12-28(13-11-25)48-36(19-33(46-48)39(3,4)5)45-38(49)42-31-14-15-32(30-9-7-6-8-29(30)31)50-24-27-16-17-41-34(18-27)43-35-20-40-21-37(44-35)47-22-26(2)23-47/h6-21,26H,22-24H2,1-5H3,(H,41,43,44)(H2,42,45,49). The molecule has 3 N–H and O–H groups in total. The topological polar surface area (TPSA) is 122 Å². The van der Waals surface area contributed by atoms with Gasteiger partial charge in [-0.05, 0) is 54.8 Å². The van der Waals surface area contributed by atoms with Gasteiger partial charge in [-0.3, -0.25) is 10.3 Å². The van der Waals surface area contributed by atoms with Crippen LogP contribution in [0.2, 0.25) is 0 Å². The zero-order valence-corrected chi connectivity index (χ0v) is 28.9. The number of carbonyl (C=O) groups excluding carboxylic acids is 1. The van der Waals surface area contributed by atoms with Crippen molar-refractivity contribution in [3.63, 3.8) is 0 Å². The number of nitrogens with zero attached hydrogens (tertiary/aromatic N) is 6. The largest absolute Gasteiger partial charge is 0.488 e. The van der Waals surface area contributed by atoms with Gasteiger partial charge in [-0.2, -0.15) is 5.10 Å². The Morgan fingerprint density at radius 3 is 2.46 bits per heavy atom. The van der Waals surface area contributed by atoms with Crippen molar-refractivity contribution in [1.29, 1.82) is 0 Å². The maximum Gasteiger partial charge on any atom is 0.324 e. The predicted octanol–water partition coefficient (Wildman–Crippen LogP) is 8.24. The fraction of sp³-hybridized carbons (Fsp3) is 0.256. The quantitative estimate of drug-likeness (QED) is 0.141. The van der Waals surface area contributed by atoms with E-state index in [0.29, 0.717) is 41.4 Å². The number of nitrogens with one attached hydrogen (secondary N) is 3. The van der Waals surface area contributed by atoms with Gasteiger partial charge in [-0.15, -0.1) is 0 Å². The van der Waals surface area contributed by atoms with Crippen LogP contribution in [-0.2, 0) is 12.0 Å². The van der Waals surface area contributed by atoms with E-state index in [2.05, 4.69) is 58.5 Å². The summed E-state index contributed by atoms with van der Waals surface area (Å²) >= 11 is 0. The SMILES string of the molecule is Cc1ccc(-n2nc(C(C)(C)C)cc2NC(=O)Nc2ccc(OCc3ccnc(Nc4cncc(N5CC(C)C5)n4)c3)c3ccccc23)cc1. The molecule has 1 fully saturated rings. The number of fused-ring (bicyclic) bond motifs is 1. The molecule has 1 aliphatic heterocycles. The summed E-state index contributed by atoms with van der Waals surface area (Å²) in [5.41, 5.74) is 4.29. The summed E-state index contributed by atoms with van der Waals surface area (Å²) in [5, 5.41) is 15.9. The molecule has 0 atom stereocenters. The maximum absolute atomic E-state index is 13.4. The second kappa shape index (κ2) is 13.5. The normalized spacial score (nSPS) is 13.2. The van der Waals surface area contributed by atoms with Crippen LogP contribution in [0.15, 0.2) is 97.5 Å². The number of hydrogen-bond donors (Lipinski definition) is 3. The van der Waals surface area contributed by atoms with E-state index >= 15 is 0 Å². The van der Waals surface area contributed by atoms with Crippen molar-refractivity contribution in [1.82, 2.24) is 24.7 Å². The minimum atomic E-state index is -0.371. The third-order valence-electron chi connectivity index (χ3n) is 8.61. The molecule has 0 saturated carbocycles. The molecule has 2 amide bonds. The lowest BCUT2D eigenvalue weighted by atomic mass is 9.92. The van der Waals surface area contributed by atoms with Crippen molar-refractivity contribution in [3.8, 4) is 11.4 Å². The van der Waals surface area contributed by atoms with Crippen LogP contribution >= 0.6 is 0 Å². The average Bonchev–Trinajstić information content (AvgIpc) is 3.51. The first-order valence-electron chi connectivity index (χ1n) is 16.8. The highest BCUT2D eigenvalue weighted by Gasteiger charge is 2.24. The number of carbonyl (C=O) groups is 1. The van der Waals surface area contributed by atoms with E-state index in [0.717, 1.165) is 52.2 Å². The molecule has 3 aromatic carbocycles. The summed E-state index contributed by atoms with van der Waals surface area (Å²) in [6.07, 6.45) is 5.23. The highest BCUT2D eigenvalue weighted by atomic mass is 16.5. The van der Waals surface area contributed by atoms with Gasteiger partial charge in [0.1, 0.15) is 29.8 Å². The van der Waals surface area contributed by atoms with Crippen LogP contribution in [0, 0.1) is 12.8 Å². The van der Waals surface area contributed by atoms with Crippen LogP contribution in [0.5, 0.6) is 5.75 Å². The number of benzene rings is 3. The molecule has 0 radical (unpaired) electrons. The molecule has 0 bridgehead atoms. The summed E-state index contributed by atoms with van der Waals surface area (Å²) in [6, 6.07) is 25.1. The van der Waals surface area contributed by atoms with E-state index in [4.69, 9.17) is 14.8 Å². The lowest BCUT2D eigenvalue weighted by Crippen LogP contribution is -2.45. The Morgan fingerprint density at radius 1 is 0.920 bits per heavy atom. The zero-order valence-electron chi connectivity index (χ0n) is 28.9. The van der Waals surface area contributed by atoms with Crippen molar-refractivity contribution in [2.45, 2.75) is 46.6 Å². The van der Waals surface area contributed by atoms with E-state index in [1.807, 2.05) is 85.8 Å². The molecule has 11 heteroatoms. The van der Waals surface area contributed by atoms with Crippen molar-refractivity contribution < 1.29 is 9.53 Å². The molecule has 6 aromatic rings. The Hall–Kier alpha value is -5.97. The summed E-state index contributed by atoms with van der Waals surface area (Å²) < 4.78 is 8.10. The van der Waals surface area contributed by atoms with E-state index in [1.165, 1.54) is 0 Å². The van der Waals surface area contributed by atoms with Crippen LogP contribution in [0.3, 0.4) is 0 Å². The first-order valence-corrected chi connectivity index (χ1v) is 16.8. The first kappa shape index (κ1) is 32.6. The maximum atomic E-state index is 13.4. The molecule has 50 heavy (non-hydrogen) atoms. The highest BCUT2D eigenvalue weighted by molar-refractivity contribution is 6.07. The number of rotatable bonds is 9. The molecule has 4 heterocycles. The minimum Gasteiger partial charge on any atom is -0.488 e. The third-order valence-corrected chi connectivity index (χ3v) is 8.61. The first-order chi connectivity index (χ1) is 24.1. The minimum absolute atomic E-state index is 0.198. The fourth-order valence-corrected chi connectivity index (χ4v) is 5.87. The molecular weight excluding hydrogens is 626 g/mol. The van der Waals surface area contributed by atoms with Gasteiger partial charge in [-0.1, -0.05) is 69.7 Å². The second-order valence-corrected chi connectivity index (χ2v) is 13.9. The van der Waals surface area contributed by atoms with Crippen LogP contribution in [0.1, 0.15) is 44.5 Å². The van der Waals surface area contributed by atoms with E-state index in [9.17, 15) is 4.79 Å². The van der Waals surface area contributed by atoms with E-state index < -0.39 is 0 Å². The van der Waals surface area contributed by atoms with Crippen LogP contribution in [0.25, 0.3) is 16.5 Å². The number of aryl methyl sites for hydroxylation is 1. The van der Waals surface area contributed by atoms with Gasteiger partial charge in [0.2, 0.25) is 0 Å². The van der Waals surface area contributed by atoms with Crippen molar-refractivity contribution >= 4 is 45.8 Å². The van der Waals surface area contributed by atoms with Crippen LogP contribution in [-0.4, -0.2) is 43.9 Å². The predicted molar refractivity (Wildman–Crippen MR) is 199 cm³/mol. The molecule has 254 valence electrons. The molecule has 0 unspecified atom stereocenters. The smallest absolute Gasteiger partial charge is 0.324 e. The van der Waals surface area contributed by atoms with Gasteiger partial charge in [0.05, 0.1) is 29.5 Å². The molecule has 0 spiro atoms. The average molecular weight is 668 g/mol. The Kier molecular flexibility index (Phi) is 8.80. The number of pyridine rings is 1. The number of amides is 2. The summed E-state index contributed by atoms with van der Waals surface area (Å²) in [5.74, 6) is 4.11. The molecule has 11 nitrogen and oxygen atoms in total. The molecular formula is C39H41N9O2. The lowest BCUT2D eigenvalue weighted by Gasteiger charge is -2.37. The molecule has 3 aromatic heterocycles. The van der Waals surface area contributed by atoms with Crippen LogP contribution < -0.4 is 25.6 Å². The molecule has 1 saturated heterocycles. The highest BCUT2D eigenvalue weighted by Crippen LogP contribution is 2.33. The lowest BCUT2D eigenvalue weighted by molar-refractivity contribution is 0.262. The number of urea groups is 1. The number of ether oxygens (including phenoxy) is 1. The Morgan fingerprint density at radius 2 is 1.70 bits per heavy atom. The van der Waals surface area contributed by atoms with Gasteiger partial charge in [0.25, 0.3) is 0 Å². The van der Waals surface area contributed by atoms with Gasteiger partial charge >= 0.3 is 6.03 Å². The van der Waals surface area contributed by atoms with Gasteiger partial charge in [-0.25, -0.2) is 19.4 Å². The second-order valence-electron chi connectivity index (χ2n) is 13.9. The van der Waals surface area contributed by atoms with Gasteiger partial charge < -0.3 is 20.3 Å². The number of hydrogen-bond acceptors (Lipinski definition) is 8. The third kappa shape index (κ3) is 7.21. The van der Waals surface area contributed by atoms with Crippen molar-refractivity contribution in [3.05, 3.63) is 114 Å². The fourth-order valence-electron chi connectivity index (χ4n) is 5.87. The van der Waals surface area contributed by atoms with Crippen molar-refractivity contribution in [2.75, 3.05) is 33.9 Å². The van der Waals surface area contributed by atoms with E-state index in [1.54, 1.807) is 23.3 Å². The molecule has 1 aliphatic rings. The summed E-state index contributed by atoms with van der Waals surface area (Å²) in [7, 11) is 0. The van der Waals surface area contributed by atoms with E-state index in [-0.39, 0.29) is 11.4 Å². The van der Waals surface area contributed by atoms with Gasteiger partial charge in [0, 0.05) is 41.5 Å². The Labute approximate surface area is 291 Å². The zero-order chi connectivity index (χ0) is 34.8. The monoisotopic (exact) mass is 667 g/mol. The van der Waals surface area contributed by atoms with Gasteiger partial charge in [0.15, 0.2) is 5.82 Å². The Balaban J connectivity index is 1.05. The van der Waals surface area contributed by atoms with Crippen molar-refractivity contribution in [2.24, 2.45) is 5.92 Å². The van der Waals surface area contributed by atoms with Crippen LogP contribution in [0.4, 0.5) is 33.8 Å². The Bertz CT molecular complexity index is 2150.